The first-order valence-electron chi connectivity index (χ1n) is 7.35. The molecule has 0 saturated carbocycles. The molecule has 2 heterocycles. The van der Waals surface area contributed by atoms with Crippen molar-refractivity contribution in [2.24, 2.45) is 0 Å². The Kier molecular flexibility index (Phi) is 4.68. The molecule has 0 aliphatic carbocycles. The van der Waals surface area contributed by atoms with Gasteiger partial charge >= 0.3 is 0 Å². The van der Waals surface area contributed by atoms with Gasteiger partial charge in [-0.3, -0.25) is 9.88 Å². The summed E-state index contributed by atoms with van der Waals surface area (Å²) in [6.45, 7) is 5.20. The number of rotatable bonds is 3. The molecule has 0 bridgehead atoms. The van der Waals surface area contributed by atoms with E-state index < -0.39 is 0 Å². The van der Waals surface area contributed by atoms with E-state index in [2.05, 4.69) is 80.5 Å². The lowest BCUT2D eigenvalue weighted by Gasteiger charge is -2.38. The van der Waals surface area contributed by atoms with Crippen molar-refractivity contribution in [3.05, 3.63) is 64.4 Å². The number of hydrogen-bond acceptors (Lipinski definition) is 3. The van der Waals surface area contributed by atoms with E-state index in [1.165, 1.54) is 5.56 Å². The Hall–Kier alpha value is -1.23. The number of aromatic nitrogens is 1. The summed E-state index contributed by atoms with van der Waals surface area (Å²) < 4.78 is 1.03. The number of benzene rings is 1. The van der Waals surface area contributed by atoms with Gasteiger partial charge in [0.05, 0.1) is 5.69 Å². The third-order valence-corrected chi connectivity index (χ3v) is 4.52. The number of hydrogen-bond donors (Lipinski definition) is 1. The standard InChI is InChI=1S/C17H20BrN3/c1-13-9-20-17(14-5-3-2-4-6-14)12-21(13)11-16-8-7-15(18)10-19-16/h2-8,10,13,17,20H,9,11-12H2,1H3. The van der Waals surface area contributed by atoms with Gasteiger partial charge in [-0.1, -0.05) is 30.3 Å². The van der Waals surface area contributed by atoms with Gasteiger partial charge in [0, 0.05) is 42.4 Å². The molecule has 1 aliphatic heterocycles. The number of halogens is 1. The second-order valence-corrected chi connectivity index (χ2v) is 6.53. The molecule has 1 N–H and O–H groups in total. The van der Waals surface area contributed by atoms with Gasteiger partial charge in [-0.15, -0.1) is 0 Å². The van der Waals surface area contributed by atoms with Gasteiger partial charge in [0.25, 0.3) is 0 Å². The molecule has 2 aromatic rings. The SMILES string of the molecule is CC1CNC(c2ccccc2)CN1Cc1ccc(Br)cn1. The Bertz CT molecular complexity index is 570. The van der Waals surface area contributed by atoms with Crippen LogP contribution < -0.4 is 5.32 Å². The highest BCUT2D eigenvalue weighted by molar-refractivity contribution is 9.10. The van der Waals surface area contributed by atoms with Crippen molar-refractivity contribution in [2.45, 2.75) is 25.6 Å². The van der Waals surface area contributed by atoms with Crippen LogP contribution in [0.2, 0.25) is 0 Å². The summed E-state index contributed by atoms with van der Waals surface area (Å²) in [6.07, 6.45) is 1.87. The fraction of sp³-hybridized carbons (Fsp3) is 0.353. The van der Waals surface area contributed by atoms with E-state index in [9.17, 15) is 0 Å². The summed E-state index contributed by atoms with van der Waals surface area (Å²) in [5.74, 6) is 0. The maximum absolute atomic E-state index is 4.50. The van der Waals surface area contributed by atoms with Crippen LogP contribution in [0.4, 0.5) is 0 Å². The van der Waals surface area contributed by atoms with Gasteiger partial charge in [-0.2, -0.15) is 0 Å². The average molecular weight is 346 g/mol. The molecule has 21 heavy (non-hydrogen) atoms. The molecule has 110 valence electrons. The molecule has 0 amide bonds. The van der Waals surface area contributed by atoms with Crippen LogP contribution in [-0.4, -0.2) is 29.0 Å². The number of piperazine rings is 1. The molecule has 1 aromatic carbocycles. The first kappa shape index (κ1) is 14.7. The smallest absolute Gasteiger partial charge is 0.0544 e. The topological polar surface area (TPSA) is 28.2 Å². The van der Waals surface area contributed by atoms with E-state index >= 15 is 0 Å². The van der Waals surface area contributed by atoms with Gasteiger partial charge < -0.3 is 5.32 Å². The molecule has 2 atom stereocenters. The molecule has 0 spiro atoms. The van der Waals surface area contributed by atoms with Crippen LogP contribution in [0.5, 0.6) is 0 Å². The monoisotopic (exact) mass is 345 g/mol. The molecular formula is C17H20BrN3. The van der Waals surface area contributed by atoms with Gasteiger partial charge in [-0.25, -0.2) is 0 Å². The zero-order valence-electron chi connectivity index (χ0n) is 12.2. The minimum atomic E-state index is 0.401. The van der Waals surface area contributed by atoms with E-state index in [4.69, 9.17) is 0 Å². The quantitative estimate of drug-likeness (QED) is 0.924. The minimum absolute atomic E-state index is 0.401. The van der Waals surface area contributed by atoms with E-state index in [1.54, 1.807) is 0 Å². The Morgan fingerprint density at radius 2 is 2.05 bits per heavy atom. The Morgan fingerprint density at radius 1 is 1.24 bits per heavy atom. The molecule has 0 radical (unpaired) electrons. The Labute approximate surface area is 134 Å². The molecule has 4 heteroatoms. The van der Waals surface area contributed by atoms with Crippen LogP contribution in [0.15, 0.2) is 53.1 Å². The van der Waals surface area contributed by atoms with Crippen molar-refractivity contribution in [1.82, 2.24) is 15.2 Å². The third-order valence-electron chi connectivity index (χ3n) is 4.06. The first-order chi connectivity index (χ1) is 10.2. The first-order valence-corrected chi connectivity index (χ1v) is 8.14. The van der Waals surface area contributed by atoms with Crippen molar-refractivity contribution in [3.63, 3.8) is 0 Å². The highest BCUT2D eigenvalue weighted by Gasteiger charge is 2.25. The predicted molar refractivity (Wildman–Crippen MR) is 89.0 cm³/mol. The van der Waals surface area contributed by atoms with Gasteiger partial charge in [0.2, 0.25) is 0 Å². The van der Waals surface area contributed by atoms with Crippen molar-refractivity contribution < 1.29 is 0 Å². The maximum Gasteiger partial charge on any atom is 0.0544 e. The van der Waals surface area contributed by atoms with Crippen LogP contribution >= 0.6 is 15.9 Å². The highest BCUT2D eigenvalue weighted by atomic mass is 79.9. The largest absolute Gasteiger partial charge is 0.307 e. The molecule has 1 aromatic heterocycles. The summed E-state index contributed by atoms with van der Waals surface area (Å²) in [4.78, 5) is 7.00. The maximum atomic E-state index is 4.50. The average Bonchev–Trinajstić information content (AvgIpc) is 2.52. The zero-order valence-corrected chi connectivity index (χ0v) is 13.8. The fourth-order valence-electron chi connectivity index (χ4n) is 2.76. The molecule has 3 nitrogen and oxygen atoms in total. The number of nitrogens with zero attached hydrogens (tertiary/aromatic N) is 2. The predicted octanol–water partition coefficient (Wildman–Crippen LogP) is 3.38. The Balaban J connectivity index is 1.70. The van der Waals surface area contributed by atoms with Crippen molar-refractivity contribution in [2.75, 3.05) is 13.1 Å². The van der Waals surface area contributed by atoms with Crippen molar-refractivity contribution in [3.8, 4) is 0 Å². The fourth-order valence-corrected chi connectivity index (χ4v) is 2.99. The Morgan fingerprint density at radius 3 is 2.76 bits per heavy atom. The van der Waals surface area contributed by atoms with Crippen LogP contribution in [0.1, 0.15) is 24.2 Å². The summed E-state index contributed by atoms with van der Waals surface area (Å²) in [5.41, 5.74) is 2.48. The lowest BCUT2D eigenvalue weighted by atomic mass is 10.0. The third kappa shape index (κ3) is 3.70. The molecule has 3 rings (SSSR count). The van der Waals surface area contributed by atoms with Gasteiger partial charge in [0.15, 0.2) is 0 Å². The van der Waals surface area contributed by atoms with Crippen LogP contribution in [-0.2, 0) is 6.54 Å². The lowest BCUT2D eigenvalue weighted by molar-refractivity contribution is 0.132. The van der Waals surface area contributed by atoms with E-state index in [-0.39, 0.29) is 0 Å². The summed E-state index contributed by atoms with van der Waals surface area (Å²) >= 11 is 3.44. The second-order valence-electron chi connectivity index (χ2n) is 5.62. The van der Waals surface area contributed by atoms with Gasteiger partial charge in [-0.05, 0) is 40.5 Å². The van der Waals surface area contributed by atoms with Crippen LogP contribution in [0.3, 0.4) is 0 Å². The minimum Gasteiger partial charge on any atom is -0.307 e. The van der Waals surface area contributed by atoms with Crippen LogP contribution in [0.25, 0.3) is 0 Å². The van der Waals surface area contributed by atoms with Crippen molar-refractivity contribution >= 4 is 15.9 Å². The number of nitrogens with one attached hydrogen (secondary N) is 1. The number of pyridine rings is 1. The lowest BCUT2D eigenvalue weighted by Crippen LogP contribution is -2.50. The summed E-state index contributed by atoms with van der Waals surface area (Å²) in [6, 6.07) is 15.8. The van der Waals surface area contributed by atoms with Gasteiger partial charge in [0.1, 0.15) is 0 Å². The zero-order chi connectivity index (χ0) is 14.7. The molecule has 1 fully saturated rings. The van der Waals surface area contributed by atoms with Crippen LogP contribution in [0, 0.1) is 0 Å². The second kappa shape index (κ2) is 6.69. The molecule has 1 saturated heterocycles. The van der Waals surface area contributed by atoms with E-state index in [1.807, 2.05) is 6.20 Å². The van der Waals surface area contributed by atoms with E-state index in [0.29, 0.717) is 12.1 Å². The normalized spacial score (nSPS) is 23.1. The van der Waals surface area contributed by atoms with E-state index in [0.717, 1.165) is 29.8 Å². The molecule has 2 unspecified atom stereocenters. The molecule has 1 aliphatic rings. The van der Waals surface area contributed by atoms with Crippen molar-refractivity contribution in [1.29, 1.82) is 0 Å². The summed E-state index contributed by atoms with van der Waals surface area (Å²) in [7, 11) is 0. The summed E-state index contributed by atoms with van der Waals surface area (Å²) in [5, 5.41) is 3.64. The molecular weight excluding hydrogens is 326 g/mol. The highest BCUT2D eigenvalue weighted by Crippen LogP contribution is 2.21.